The molecule has 0 aliphatic carbocycles. The van der Waals surface area contributed by atoms with E-state index in [1.807, 2.05) is 30.3 Å². The van der Waals surface area contributed by atoms with Gasteiger partial charge in [-0.2, -0.15) is 0 Å². The molecule has 32 heavy (non-hydrogen) atoms. The highest BCUT2D eigenvalue weighted by molar-refractivity contribution is 6.21. The summed E-state index contributed by atoms with van der Waals surface area (Å²) in [6.07, 6.45) is -1.54. The van der Waals surface area contributed by atoms with Gasteiger partial charge in [-0.15, -0.1) is 0 Å². The van der Waals surface area contributed by atoms with E-state index in [-0.39, 0.29) is 37.2 Å². The van der Waals surface area contributed by atoms with Crippen molar-refractivity contribution in [3.63, 3.8) is 0 Å². The lowest BCUT2D eigenvalue weighted by atomic mass is 10.1. The molecule has 0 radical (unpaired) electrons. The van der Waals surface area contributed by atoms with E-state index in [2.05, 4.69) is 0 Å². The Hall–Kier alpha value is -3.56. The van der Waals surface area contributed by atoms with Crippen LogP contribution in [0.2, 0.25) is 0 Å². The van der Waals surface area contributed by atoms with E-state index in [0.29, 0.717) is 0 Å². The Morgan fingerprint density at radius 1 is 0.844 bits per heavy atom. The highest BCUT2D eigenvalue weighted by Gasteiger charge is 2.35. The SMILES string of the molecule is O=C(CCC(=O)OC1COC(c2ccccc2)OC1)OCN1C(=O)c2ccccc2C1=O. The second-order valence-corrected chi connectivity index (χ2v) is 7.25. The molecule has 166 valence electrons. The van der Waals surface area contributed by atoms with E-state index in [4.69, 9.17) is 18.9 Å². The largest absolute Gasteiger partial charge is 0.457 e. The van der Waals surface area contributed by atoms with Gasteiger partial charge in [0.25, 0.3) is 11.8 Å². The number of imide groups is 1. The molecule has 0 bridgehead atoms. The number of fused-ring (bicyclic) bond motifs is 1. The molecule has 0 atom stereocenters. The Bertz CT molecular complexity index is 979. The maximum atomic E-state index is 12.2. The van der Waals surface area contributed by atoms with Crippen molar-refractivity contribution in [1.29, 1.82) is 0 Å². The zero-order valence-electron chi connectivity index (χ0n) is 17.1. The fraction of sp³-hybridized carbons (Fsp3) is 0.304. The first-order valence-corrected chi connectivity index (χ1v) is 10.1. The maximum Gasteiger partial charge on any atom is 0.308 e. The predicted molar refractivity (Wildman–Crippen MR) is 108 cm³/mol. The summed E-state index contributed by atoms with van der Waals surface area (Å²) in [4.78, 5) is 49.3. The molecule has 9 heteroatoms. The molecule has 2 aromatic carbocycles. The number of amides is 2. The second-order valence-electron chi connectivity index (χ2n) is 7.25. The average Bonchev–Trinajstić information content (AvgIpc) is 3.07. The van der Waals surface area contributed by atoms with Gasteiger partial charge in [-0.1, -0.05) is 42.5 Å². The molecular formula is C23H21NO8. The van der Waals surface area contributed by atoms with Crippen LogP contribution in [0, 0.1) is 0 Å². The fourth-order valence-corrected chi connectivity index (χ4v) is 3.37. The normalized spacial score (nSPS) is 20.1. The van der Waals surface area contributed by atoms with Crippen LogP contribution >= 0.6 is 0 Å². The Balaban J connectivity index is 1.16. The van der Waals surface area contributed by atoms with E-state index < -0.39 is 42.9 Å². The Morgan fingerprint density at radius 3 is 2.03 bits per heavy atom. The van der Waals surface area contributed by atoms with Crippen molar-refractivity contribution >= 4 is 23.8 Å². The molecule has 2 aromatic rings. The van der Waals surface area contributed by atoms with Crippen LogP contribution in [0.1, 0.15) is 45.4 Å². The number of hydrogen-bond donors (Lipinski definition) is 0. The third-order valence-electron chi connectivity index (χ3n) is 5.00. The summed E-state index contributed by atoms with van der Waals surface area (Å²) in [5.74, 6) is -2.37. The molecule has 0 N–H and O–H groups in total. The predicted octanol–water partition coefficient (Wildman–Crippen LogP) is 2.22. The number of ether oxygens (including phenoxy) is 4. The first-order chi connectivity index (χ1) is 15.5. The first-order valence-electron chi connectivity index (χ1n) is 10.1. The minimum absolute atomic E-state index is 0.176. The molecule has 2 aliphatic rings. The van der Waals surface area contributed by atoms with Gasteiger partial charge in [0.15, 0.2) is 13.0 Å². The standard InChI is InChI=1S/C23H21NO8/c25-19(31-14-24-21(27)17-8-4-5-9-18(17)22(24)28)10-11-20(26)32-16-12-29-23(30-13-16)15-6-2-1-3-7-15/h1-9,16,23H,10-14H2. The van der Waals surface area contributed by atoms with Gasteiger partial charge in [0.1, 0.15) is 6.10 Å². The quantitative estimate of drug-likeness (QED) is 0.477. The molecule has 1 saturated heterocycles. The summed E-state index contributed by atoms with van der Waals surface area (Å²) < 4.78 is 21.4. The third kappa shape index (κ3) is 4.84. The second kappa shape index (κ2) is 9.71. The monoisotopic (exact) mass is 439 g/mol. The van der Waals surface area contributed by atoms with Crippen LogP contribution in [-0.4, -0.2) is 54.7 Å². The molecule has 0 saturated carbocycles. The van der Waals surface area contributed by atoms with Gasteiger partial charge in [-0.3, -0.25) is 19.2 Å². The van der Waals surface area contributed by atoms with Crippen molar-refractivity contribution in [1.82, 2.24) is 4.90 Å². The first kappa shape index (κ1) is 21.7. The highest BCUT2D eigenvalue weighted by Crippen LogP contribution is 2.24. The number of carbonyl (C=O) groups is 4. The Kier molecular flexibility index (Phi) is 6.58. The maximum absolute atomic E-state index is 12.2. The van der Waals surface area contributed by atoms with E-state index in [1.54, 1.807) is 12.1 Å². The van der Waals surface area contributed by atoms with Gasteiger partial charge in [0.05, 0.1) is 37.2 Å². The van der Waals surface area contributed by atoms with E-state index in [9.17, 15) is 19.2 Å². The molecule has 2 aliphatic heterocycles. The summed E-state index contributed by atoms with van der Waals surface area (Å²) in [6.45, 7) is -0.156. The van der Waals surface area contributed by atoms with Crippen molar-refractivity contribution in [3.05, 3.63) is 71.3 Å². The number of rotatable bonds is 7. The lowest BCUT2D eigenvalue weighted by Gasteiger charge is -2.29. The molecule has 4 rings (SSSR count). The van der Waals surface area contributed by atoms with Crippen LogP contribution in [0.25, 0.3) is 0 Å². The number of nitrogens with zero attached hydrogens (tertiary/aromatic N) is 1. The molecule has 2 amide bonds. The van der Waals surface area contributed by atoms with Crippen LogP contribution in [0.5, 0.6) is 0 Å². The van der Waals surface area contributed by atoms with Gasteiger partial charge in [0.2, 0.25) is 0 Å². The minimum atomic E-state index is -0.723. The summed E-state index contributed by atoms with van der Waals surface area (Å²) in [6, 6.07) is 15.8. The summed E-state index contributed by atoms with van der Waals surface area (Å²) in [7, 11) is 0. The van der Waals surface area contributed by atoms with Crippen molar-refractivity contribution in [2.75, 3.05) is 19.9 Å². The smallest absolute Gasteiger partial charge is 0.308 e. The molecular weight excluding hydrogens is 418 g/mol. The topological polar surface area (TPSA) is 108 Å². The Morgan fingerprint density at radius 2 is 1.41 bits per heavy atom. The molecule has 0 unspecified atom stereocenters. The number of carbonyl (C=O) groups excluding carboxylic acids is 4. The van der Waals surface area contributed by atoms with E-state index in [1.165, 1.54) is 12.1 Å². The third-order valence-corrected chi connectivity index (χ3v) is 5.00. The van der Waals surface area contributed by atoms with Crippen LogP contribution in [0.3, 0.4) is 0 Å². The number of hydrogen-bond acceptors (Lipinski definition) is 8. The van der Waals surface area contributed by atoms with Gasteiger partial charge in [-0.05, 0) is 12.1 Å². The molecule has 1 fully saturated rings. The minimum Gasteiger partial charge on any atom is -0.457 e. The van der Waals surface area contributed by atoms with E-state index >= 15 is 0 Å². The van der Waals surface area contributed by atoms with Gasteiger partial charge in [-0.25, -0.2) is 4.90 Å². The summed E-state index contributed by atoms with van der Waals surface area (Å²) >= 11 is 0. The van der Waals surface area contributed by atoms with Crippen LogP contribution in [-0.2, 0) is 28.5 Å². The lowest BCUT2D eigenvalue weighted by molar-refractivity contribution is -0.229. The van der Waals surface area contributed by atoms with Crippen molar-refractivity contribution in [2.24, 2.45) is 0 Å². The molecule has 9 nitrogen and oxygen atoms in total. The van der Waals surface area contributed by atoms with Gasteiger partial charge >= 0.3 is 11.9 Å². The highest BCUT2D eigenvalue weighted by atomic mass is 16.7. The zero-order valence-corrected chi connectivity index (χ0v) is 17.1. The van der Waals surface area contributed by atoms with Crippen molar-refractivity contribution in [2.45, 2.75) is 25.2 Å². The van der Waals surface area contributed by atoms with Crippen LogP contribution in [0.4, 0.5) is 0 Å². The summed E-state index contributed by atoms with van der Waals surface area (Å²) in [5, 5.41) is 0. The molecule has 0 spiro atoms. The van der Waals surface area contributed by atoms with Gasteiger partial charge < -0.3 is 18.9 Å². The van der Waals surface area contributed by atoms with Crippen LogP contribution < -0.4 is 0 Å². The van der Waals surface area contributed by atoms with Crippen molar-refractivity contribution in [3.8, 4) is 0 Å². The van der Waals surface area contributed by atoms with E-state index in [0.717, 1.165) is 10.5 Å². The fourth-order valence-electron chi connectivity index (χ4n) is 3.37. The van der Waals surface area contributed by atoms with Crippen molar-refractivity contribution < 1.29 is 38.1 Å². The molecule has 0 aromatic heterocycles. The Labute approximate surface area is 183 Å². The zero-order chi connectivity index (χ0) is 22.5. The van der Waals surface area contributed by atoms with Gasteiger partial charge in [0, 0.05) is 5.56 Å². The number of benzene rings is 2. The van der Waals surface area contributed by atoms with Crippen LogP contribution in [0.15, 0.2) is 54.6 Å². The average molecular weight is 439 g/mol. The lowest BCUT2D eigenvalue weighted by Crippen LogP contribution is -2.35. The summed E-state index contributed by atoms with van der Waals surface area (Å²) in [5.41, 5.74) is 1.41. The molecule has 2 heterocycles. The number of esters is 2.